The third-order valence-electron chi connectivity index (χ3n) is 6.55. The molecule has 5 rings (SSSR count). The molecular weight excluding hydrogens is 768 g/mol. The van der Waals surface area contributed by atoms with E-state index in [4.69, 9.17) is 19.9 Å². The van der Waals surface area contributed by atoms with Gasteiger partial charge in [0.1, 0.15) is 0 Å². The Balaban J connectivity index is 0.000000523. The van der Waals surface area contributed by atoms with Crippen molar-refractivity contribution in [2.45, 2.75) is 103 Å². The molecule has 0 radical (unpaired) electrons. The van der Waals surface area contributed by atoms with Gasteiger partial charge < -0.3 is 19.9 Å². The van der Waals surface area contributed by atoms with Gasteiger partial charge >= 0.3 is 34.1 Å². The summed E-state index contributed by atoms with van der Waals surface area (Å²) < 4.78 is 9.64. The van der Waals surface area contributed by atoms with Crippen molar-refractivity contribution in [2.75, 3.05) is 0 Å². The number of pyridine rings is 4. The van der Waals surface area contributed by atoms with Gasteiger partial charge in [0.2, 0.25) is 0 Å². The van der Waals surface area contributed by atoms with Crippen molar-refractivity contribution < 1.29 is 34.1 Å². The molecule has 4 aromatic heterocycles. The van der Waals surface area contributed by atoms with Crippen LogP contribution in [0.4, 0.5) is 0 Å². The van der Waals surface area contributed by atoms with Crippen molar-refractivity contribution in [1.82, 2.24) is 19.9 Å². The fourth-order valence-electron chi connectivity index (χ4n) is 5.84. The topological polar surface area (TPSA) is 108 Å². The van der Waals surface area contributed by atoms with Gasteiger partial charge in [0.25, 0.3) is 0 Å². The Morgan fingerprint density at radius 3 is 0.700 bits per heavy atom. The zero-order valence-corrected chi connectivity index (χ0v) is 38.0. The predicted octanol–water partition coefficient (Wildman–Crippen LogP) is 11.3. The van der Waals surface area contributed by atoms with Crippen molar-refractivity contribution in [3.63, 3.8) is 0 Å². The maximum Gasteiger partial charge on any atom is 2.00 e. The Morgan fingerprint density at radius 2 is 0.580 bits per heavy atom. The van der Waals surface area contributed by atoms with Gasteiger partial charge in [-0.05, 0) is 48.5 Å². The van der Waals surface area contributed by atoms with Crippen LogP contribution >= 0.6 is 0 Å². The quantitative estimate of drug-likeness (QED) is 0.165. The summed E-state index contributed by atoms with van der Waals surface area (Å²) in [5, 5.41) is 10.5. The van der Waals surface area contributed by atoms with Crippen molar-refractivity contribution in [2.24, 2.45) is 0 Å². The summed E-state index contributed by atoms with van der Waals surface area (Å²) in [5.41, 5.74) is 3.49. The molecule has 1 aliphatic rings. The third kappa shape index (κ3) is 17.2. The van der Waals surface area contributed by atoms with Gasteiger partial charge in [0.15, 0.2) is 0 Å². The van der Waals surface area contributed by atoms with Crippen LogP contribution in [0.15, 0.2) is 97.6 Å². The monoisotopic (exact) mass is 824 g/mol. The SMILES string of the molecule is C[Si](C)(C)[N-][Si](C)(C)C.C[Si](C)(C)[N-][Si](C)(C)C.[Fe+2].[Fe+2].c1ccc([C@H]2[N-][C@@H](c3ccccn3)[C@H](c3ccccn3)[N-][C@@H]2c2ccccn2)nc1. The van der Waals surface area contributed by atoms with Gasteiger partial charge in [-0.2, -0.15) is 0 Å². The molecule has 8 nitrogen and oxygen atoms in total. The number of aromatic nitrogens is 4. The predicted molar refractivity (Wildman–Crippen MR) is 215 cm³/mol. The second-order valence-corrected chi connectivity index (χ2v) is 35.2. The number of rotatable bonds is 8. The molecule has 1 saturated heterocycles. The van der Waals surface area contributed by atoms with Gasteiger partial charge in [-0.1, -0.05) is 136 Å². The van der Waals surface area contributed by atoms with Crippen molar-refractivity contribution in [3.8, 4) is 0 Å². The molecule has 50 heavy (non-hydrogen) atoms. The molecule has 0 saturated carbocycles. The van der Waals surface area contributed by atoms with E-state index in [-0.39, 0.29) is 58.3 Å². The van der Waals surface area contributed by atoms with Crippen LogP contribution < -0.4 is 0 Å². The van der Waals surface area contributed by atoms with E-state index >= 15 is 0 Å². The van der Waals surface area contributed by atoms with Crippen LogP contribution in [0, 0.1) is 0 Å². The Bertz CT molecular complexity index is 1260. The van der Waals surface area contributed by atoms with E-state index < -0.39 is 32.9 Å². The van der Waals surface area contributed by atoms with Crippen LogP contribution in [-0.2, 0) is 34.1 Å². The summed E-state index contributed by atoms with van der Waals surface area (Å²) in [5.74, 6) is 0. The number of hydrogen-bond acceptors (Lipinski definition) is 4. The molecule has 272 valence electrons. The first kappa shape index (κ1) is 46.4. The van der Waals surface area contributed by atoms with Crippen molar-refractivity contribution in [3.05, 3.63) is 140 Å². The minimum Gasteiger partial charge on any atom is -0.668 e. The molecule has 4 atom stereocenters. The van der Waals surface area contributed by atoms with Gasteiger partial charge in [0, 0.05) is 47.6 Å². The van der Waals surface area contributed by atoms with E-state index in [9.17, 15) is 0 Å². The molecule has 0 unspecified atom stereocenters. The maximum atomic E-state index is 5.24. The molecule has 0 bridgehead atoms. The first-order valence-corrected chi connectivity index (χ1v) is 30.6. The van der Waals surface area contributed by atoms with Crippen molar-refractivity contribution >= 4 is 32.9 Å². The van der Waals surface area contributed by atoms with Crippen LogP contribution in [0.2, 0.25) is 78.6 Å². The largest absolute Gasteiger partial charge is 2.00 e. The molecule has 0 aromatic carbocycles. The Morgan fingerprint density at radius 1 is 0.380 bits per heavy atom. The summed E-state index contributed by atoms with van der Waals surface area (Å²) in [6, 6.07) is 22.5. The average molecular weight is 825 g/mol. The van der Waals surface area contributed by atoms with Crippen LogP contribution in [0.1, 0.15) is 46.9 Å². The van der Waals surface area contributed by atoms with Gasteiger partial charge in [-0.25, -0.2) is 0 Å². The third-order valence-corrected chi connectivity index (χ3v) is 17.3. The average Bonchev–Trinajstić information content (AvgIpc) is 2.99. The van der Waals surface area contributed by atoms with E-state index in [2.05, 4.69) is 98.5 Å². The second kappa shape index (κ2) is 20.6. The van der Waals surface area contributed by atoms with Crippen LogP contribution in [0.25, 0.3) is 19.9 Å². The molecule has 4 aromatic rings. The fourth-order valence-corrected chi connectivity index (χ4v) is 21.9. The van der Waals surface area contributed by atoms with Crippen LogP contribution in [-0.4, -0.2) is 52.9 Å². The van der Waals surface area contributed by atoms with E-state index in [0.29, 0.717) is 0 Å². The zero-order valence-electron chi connectivity index (χ0n) is 31.8. The molecule has 0 spiro atoms. The smallest absolute Gasteiger partial charge is 0.668 e. The summed E-state index contributed by atoms with van der Waals surface area (Å²) in [6.45, 7) is 27.6. The van der Waals surface area contributed by atoms with Crippen LogP contribution in [0.5, 0.6) is 0 Å². The number of nitrogens with zero attached hydrogens (tertiary/aromatic N) is 8. The van der Waals surface area contributed by atoms with E-state index in [1.165, 1.54) is 0 Å². The Labute approximate surface area is 328 Å². The van der Waals surface area contributed by atoms with Crippen molar-refractivity contribution in [1.29, 1.82) is 0 Å². The summed E-state index contributed by atoms with van der Waals surface area (Å²) in [4.78, 5) is 18.3. The first-order chi connectivity index (χ1) is 22.3. The summed E-state index contributed by atoms with van der Waals surface area (Å²) >= 11 is 0. The standard InChI is InChI=1S/C24H20N6.2C6H18NSi2.2Fe/c1-5-13-25-17(9-1)21-22(18-10-2-6-14-26-18)30-24(20-12-4-8-16-28-20)23(29-21)19-11-3-7-15-27-19;2*1-8(2,3)7-9(4,5)6;;/h1-16,21-24H;2*1-6H3;;/q-2;2*-1;2*+2/t21-,22-,23+,24+;;;;. The minimum atomic E-state index is -1.11. The molecule has 1 fully saturated rings. The van der Waals surface area contributed by atoms with E-state index in [1.54, 1.807) is 24.8 Å². The molecule has 0 N–H and O–H groups in total. The normalized spacial score (nSPS) is 19.3. The Kier molecular flexibility index (Phi) is 19.1. The van der Waals surface area contributed by atoms with E-state index in [1.807, 2.05) is 72.8 Å². The molecular formula is C36H56Fe2N8Si4. The number of hydrogen-bond donors (Lipinski definition) is 0. The van der Waals surface area contributed by atoms with E-state index in [0.717, 1.165) is 22.8 Å². The van der Waals surface area contributed by atoms with Gasteiger partial charge in [0.05, 0.1) is 0 Å². The summed E-state index contributed by atoms with van der Waals surface area (Å²) in [6.07, 6.45) is 7.17. The fraction of sp³-hybridized carbons (Fsp3) is 0.444. The Hall–Kier alpha value is -1.65. The second-order valence-electron chi connectivity index (χ2n) is 16.0. The summed E-state index contributed by atoms with van der Waals surface area (Å²) in [7, 11) is -4.42. The maximum absolute atomic E-state index is 5.24. The first-order valence-electron chi connectivity index (χ1n) is 16.8. The molecule has 1 aliphatic heterocycles. The molecule has 5 heterocycles. The minimum absolute atomic E-state index is 0. The number of piperazine rings is 1. The van der Waals surface area contributed by atoms with Gasteiger partial charge in [-0.15, -0.1) is 24.2 Å². The zero-order chi connectivity index (χ0) is 35.6. The molecule has 14 heteroatoms. The van der Waals surface area contributed by atoms with Gasteiger partial charge in [-0.3, -0.25) is 19.9 Å². The molecule has 0 aliphatic carbocycles. The molecule has 0 amide bonds. The van der Waals surface area contributed by atoms with Crippen LogP contribution in [0.3, 0.4) is 0 Å².